The highest BCUT2D eigenvalue weighted by molar-refractivity contribution is 6.17. The Bertz CT molecular complexity index is 1840. The summed E-state index contributed by atoms with van der Waals surface area (Å²) < 4.78 is 5.53. The van der Waals surface area contributed by atoms with E-state index in [1.54, 1.807) is 43.3 Å². The Morgan fingerprint density at radius 3 is 2.29 bits per heavy atom. The fourth-order valence-corrected chi connectivity index (χ4v) is 6.72. The summed E-state index contributed by atoms with van der Waals surface area (Å²) >= 11 is 0. The van der Waals surface area contributed by atoms with Crippen LogP contribution in [-0.2, 0) is 9.59 Å². The van der Waals surface area contributed by atoms with Gasteiger partial charge in [-0.1, -0.05) is 30.3 Å². The number of nitrogens with zero attached hydrogens (tertiary/aromatic N) is 5. The number of carbonyl (C=O) groups excluding carboxylic acids is 3. The maximum Gasteiger partial charge on any atom is 0.257 e. The van der Waals surface area contributed by atoms with Gasteiger partial charge in [0.25, 0.3) is 5.91 Å². The van der Waals surface area contributed by atoms with Gasteiger partial charge in [0.15, 0.2) is 5.78 Å². The minimum Gasteiger partial charge on any atom is -0.494 e. The lowest BCUT2D eigenvalue weighted by molar-refractivity contribution is -0.131. The molecule has 4 aromatic rings. The molecular formula is C38H43N7O4. The standard InChI is InChI=1S/C38H43N7O4/c1-5-49-29-21-15-25(16-22-29)33(46)23-31(34-24(2)43-45(37(34)48)28-11-7-6-8-12-28)36(47)39-26-17-19-27(20-18-26)40-38-41-32-14-10-9-13-30(32)35(42-38)44(3)4/h6-16,21-22,26-27,31,34H,5,17-20,23H2,1-4H3,(H,39,47)(H,40,41,42)/t26-,27+,31?,34?. The summed E-state index contributed by atoms with van der Waals surface area (Å²) in [7, 11) is 3.94. The first-order valence-electron chi connectivity index (χ1n) is 16.9. The maximum absolute atomic E-state index is 14.1. The van der Waals surface area contributed by atoms with Crippen LogP contribution in [0.15, 0.2) is 84.0 Å². The maximum atomic E-state index is 14.1. The lowest BCUT2D eigenvalue weighted by Gasteiger charge is -2.31. The van der Waals surface area contributed by atoms with Crippen molar-refractivity contribution < 1.29 is 19.1 Å². The van der Waals surface area contributed by atoms with Gasteiger partial charge in [0, 0.05) is 49.3 Å². The molecule has 0 radical (unpaired) electrons. The molecule has 1 saturated carbocycles. The average molecular weight is 662 g/mol. The van der Waals surface area contributed by atoms with Crippen LogP contribution in [0.1, 0.15) is 56.3 Å². The zero-order valence-electron chi connectivity index (χ0n) is 28.4. The van der Waals surface area contributed by atoms with Crippen molar-refractivity contribution in [3.8, 4) is 5.75 Å². The summed E-state index contributed by atoms with van der Waals surface area (Å²) in [5.41, 5.74) is 2.46. The molecule has 254 valence electrons. The Balaban J connectivity index is 1.15. The topological polar surface area (TPSA) is 129 Å². The number of rotatable bonds is 12. The highest BCUT2D eigenvalue weighted by Gasteiger charge is 2.44. The summed E-state index contributed by atoms with van der Waals surface area (Å²) in [6, 6.07) is 24.0. The number of benzene rings is 3. The number of carbonyl (C=O) groups is 3. The molecule has 49 heavy (non-hydrogen) atoms. The lowest BCUT2D eigenvalue weighted by Crippen LogP contribution is -2.47. The van der Waals surface area contributed by atoms with Gasteiger partial charge in [0.05, 0.1) is 29.6 Å². The number of amides is 2. The second kappa shape index (κ2) is 14.8. The van der Waals surface area contributed by atoms with Gasteiger partial charge < -0.3 is 20.3 Å². The SMILES string of the molecule is CCOc1ccc(C(=O)CC(C(=O)N[C@H]2CC[C@@H](Nc3nc(N(C)C)c4ccccc4n3)CC2)C2C(=O)N(c3ccccc3)N=C2C)cc1. The van der Waals surface area contributed by atoms with E-state index in [9.17, 15) is 14.4 Å². The molecule has 2 aliphatic rings. The number of para-hydroxylation sites is 2. The fraction of sp³-hybridized carbons (Fsp3) is 0.368. The molecule has 2 atom stereocenters. The van der Waals surface area contributed by atoms with Crippen molar-refractivity contribution in [2.75, 3.05) is 35.9 Å². The molecule has 0 bridgehead atoms. The highest BCUT2D eigenvalue weighted by Crippen LogP contribution is 2.32. The zero-order chi connectivity index (χ0) is 34.5. The van der Waals surface area contributed by atoms with E-state index in [-0.39, 0.29) is 36.1 Å². The van der Waals surface area contributed by atoms with Crippen molar-refractivity contribution in [2.45, 2.75) is 58.0 Å². The number of fused-ring (bicyclic) bond motifs is 1. The van der Waals surface area contributed by atoms with Crippen LogP contribution < -0.4 is 25.3 Å². The Morgan fingerprint density at radius 1 is 0.918 bits per heavy atom. The van der Waals surface area contributed by atoms with Crippen LogP contribution >= 0.6 is 0 Å². The highest BCUT2D eigenvalue weighted by atomic mass is 16.5. The number of Topliss-reactive ketones (excluding diaryl/α,β-unsaturated/α-hetero) is 1. The number of nitrogens with one attached hydrogen (secondary N) is 2. The van der Waals surface area contributed by atoms with Crippen LogP contribution in [0.3, 0.4) is 0 Å². The Morgan fingerprint density at radius 2 is 1.59 bits per heavy atom. The van der Waals surface area contributed by atoms with Crippen LogP contribution in [0.5, 0.6) is 5.75 Å². The molecule has 3 aromatic carbocycles. The molecule has 1 aromatic heterocycles. The number of ether oxygens (including phenoxy) is 1. The minimum absolute atomic E-state index is 0.0949. The monoisotopic (exact) mass is 661 g/mol. The number of anilines is 3. The Labute approximate surface area is 286 Å². The zero-order valence-corrected chi connectivity index (χ0v) is 28.4. The molecule has 2 heterocycles. The number of aromatic nitrogens is 2. The second-order valence-corrected chi connectivity index (χ2v) is 12.9. The third-order valence-electron chi connectivity index (χ3n) is 9.23. The molecule has 0 saturated heterocycles. The molecule has 0 spiro atoms. The van der Waals surface area contributed by atoms with Gasteiger partial charge in [-0.3, -0.25) is 14.4 Å². The summed E-state index contributed by atoms with van der Waals surface area (Å²) in [5.74, 6) is -0.531. The van der Waals surface area contributed by atoms with Gasteiger partial charge >= 0.3 is 0 Å². The van der Waals surface area contributed by atoms with E-state index in [0.717, 1.165) is 42.4 Å². The summed E-state index contributed by atoms with van der Waals surface area (Å²) in [6.07, 6.45) is 2.95. The van der Waals surface area contributed by atoms with Gasteiger partial charge in [-0.05, 0) is 88.1 Å². The van der Waals surface area contributed by atoms with Gasteiger partial charge in [-0.2, -0.15) is 10.1 Å². The van der Waals surface area contributed by atoms with E-state index in [0.29, 0.717) is 35.3 Å². The average Bonchev–Trinajstić information content (AvgIpc) is 3.41. The van der Waals surface area contributed by atoms with Crippen LogP contribution in [0, 0.1) is 11.8 Å². The molecule has 1 aliphatic heterocycles. The van der Waals surface area contributed by atoms with E-state index >= 15 is 0 Å². The quantitative estimate of drug-likeness (QED) is 0.181. The van der Waals surface area contributed by atoms with Crippen molar-refractivity contribution in [1.29, 1.82) is 0 Å². The van der Waals surface area contributed by atoms with E-state index in [1.807, 2.05) is 68.4 Å². The molecule has 11 heteroatoms. The van der Waals surface area contributed by atoms with Gasteiger partial charge in [0.2, 0.25) is 11.9 Å². The molecular weight excluding hydrogens is 618 g/mol. The predicted molar refractivity (Wildman–Crippen MR) is 192 cm³/mol. The Hall–Kier alpha value is -5.32. The first-order valence-corrected chi connectivity index (χ1v) is 16.9. The molecule has 6 rings (SSSR count). The molecule has 1 fully saturated rings. The van der Waals surface area contributed by atoms with Crippen molar-refractivity contribution in [3.05, 3.63) is 84.4 Å². The molecule has 2 unspecified atom stereocenters. The summed E-state index contributed by atoms with van der Waals surface area (Å²) in [6.45, 7) is 4.16. The van der Waals surface area contributed by atoms with Crippen molar-refractivity contribution in [2.24, 2.45) is 16.9 Å². The number of hydrogen-bond acceptors (Lipinski definition) is 9. The third kappa shape index (κ3) is 7.56. The number of hydrazone groups is 1. The normalized spacial score (nSPS) is 19.7. The van der Waals surface area contributed by atoms with Crippen LogP contribution in [0.2, 0.25) is 0 Å². The lowest BCUT2D eigenvalue weighted by atomic mass is 9.82. The Kier molecular flexibility index (Phi) is 10.2. The van der Waals surface area contributed by atoms with Crippen LogP contribution in [0.25, 0.3) is 10.9 Å². The van der Waals surface area contributed by atoms with Gasteiger partial charge in [-0.15, -0.1) is 0 Å². The summed E-state index contributed by atoms with van der Waals surface area (Å²) in [4.78, 5) is 53.0. The number of hydrogen-bond donors (Lipinski definition) is 2. The molecule has 11 nitrogen and oxygen atoms in total. The van der Waals surface area contributed by atoms with Crippen molar-refractivity contribution in [3.63, 3.8) is 0 Å². The summed E-state index contributed by atoms with van der Waals surface area (Å²) in [5, 5.41) is 13.6. The van der Waals surface area contributed by atoms with Gasteiger partial charge in [0.1, 0.15) is 11.6 Å². The first kappa shape index (κ1) is 33.6. The molecule has 2 N–H and O–H groups in total. The van der Waals surface area contributed by atoms with E-state index in [1.165, 1.54) is 5.01 Å². The minimum atomic E-state index is -0.921. The van der Waals surface area contributed by atoms with Crippen molar-refractivity contribution >= 4 is 51.7 Å². The van der Waals surface area contributed by atoms with Crippen molar-refractivity contribution in [1.82, 2.24) is 15.3 Å². The third-order valence-corrected chi connectivity index (χ3v) is 9.23. The second-order valence-electron chi connectivity index (χ2n) is 12.9. The molecule has 1 aliphatic carbocycles. The smallest absolute Gasteiger partial charge is 0.257 e. The van der Waals surface area contributed by atoms with Crippen LogP contribution in [-0.4, -0.2) is 66.1 Å². The van der Waals surface area contributed by atoms with E-state index in [2.05, 4.69) is 15.7 Å². The molecule has 2 amide bonds. The van der Waals surface area contributed by atoms with Crippen LogP contribution in [0.4, 0.5) is 17.5 Å². The van der Waals surface area contributed by atoms with Gasteiger partial charge in [-0.25, -0.2) is 9.99 Å². The van der Waals surface area contributed by atoms with E-state index in [4.69, 9.17) is 14.7 Å². The fourth-order valence-electron chi connectivity index (χ4n) is 6.72. The predicted octanol–water partition coefficient (Wildman–Crippen LogP) is 5.86. The largest absolute Gasteiger partial charge is 0.494 e. The van der Waals surface area contributed by atoms with E-state index < -0.39 is 11.8 Å². The number of ketones is 1. The first-order chi connectivity index (χ1) is 23.7.